The lowest BCUT2D eigenvalue weighted by atomic mass is 10.2. The average Bonchev–Trinajstić information content (AvgIpc) is 3.07. The van der Waals surface area contributed by atoms with Crippen LogP contribution in [0.5, 0.6) is 0 Å². The Morgan fingerprint density at radius 1 is 1.00 bits per heavy atom. The molecule has 0 atom stereocenters. The van der Waals surface area contributed by atoms with Crippen molar-refractivity contribution in [3.8, 4) is 11.3 Å². The highest BCUT2D eigenvalue weighted by Gasteiger charge is 1.94. The van der Waals surface area contributed by atoms with Crippen LogP contribution >= 0.6 is 0 Å². The van der Waals surface area contributed by atoms with Crippen molar-refractivity contribution < 1.29 is 4.52 Å². The van der Waals surface area contributed by atoms with Crippen molar-refractivity contribution in [2.75, 3.05) is 0 Å². The minimum Gasteiger partial charge on any atom is -0.346 e. The Morgan fingerprint density at radius 3 is 2.38 bits per heavy atom. The van der Waals surface area contributed by atoms with Gasteiger partial charge in [-0.05, 0) is 11.6 Å². The van der Waals surface area contributed by atoms with Crippen LogP contribution in [0, 0.1) is 0 Å². The highest BCUT2D eigenvalue weighted by Crippen LogP contribution is 2.13. The lowest BCUT2D eigenvalue weighted by Gasteiger charge is -1.93. The van der Waals surface area contributed by atoms with E-state index < -0.39 is 0 Å². The zero-order valence-electron chi connectivity index (χ0n) is 8.45. The second-order valence-corrected chi connectivity index (χ2v) is 2.92. The predicted octanol–water partition coefficient (Wildman–Crippen LogP) is 2.15. The van der Waals surface area contributed by atoms with Gasteiger partial charge in [0.2, 0.25) is 0 Å². The number of hydrogen-bond acceptors (Lipinski definition) is 4. The van der Waals surface area contributed by atoms with Crippen LogP contribution in [0.25, 0.3) is 11.3 Å². The second-order valence-electron chi connectivity index (χ2n) is 2.92. The molecule has 16 heavy (non-hydrogen) atoms. The lowest BCUT2D eigenvalue weighted by Crippen LogP contribution is -1.75. The summed E-state index contributed by atoms with van der Waals surface area (Å²) in [6, 6.07) is 12.1. The zero-order valence-corrected chi connectivity index (χ0v) is 8.45. The van der Waals surface area contributed by atoms with Gasteiger partial charge in [-0.3, -0.25) is 5.10 Å². The summed E-state index contributed by atoms with van der Waals surface area (Å²) in [4.78, 5) is 0. The van der Waals surface area contributed by atoms with E-state index in [-0.39, 0.29) is 0 Å². The largest absolute Gasteiger partial charge is 0.346 e. The molecule has 0 saturated carbocycles. The van der Waals surface area contributed by atoms with Gasteiger partial charge in [-0.1, -0.05) is 30.3 Å². The number of rotatable bonds is 1. The van der Waals surface area contributed by atoms with E-state index in [1.54, 1.807) is 6.20 Å². The van der Waals surface area contributed by atoms with Crippen LogP contribution in [0.15, 0.2) is 59.6 Å². The molecule has 2 aromatic heterocycles. The molecule has 0 fully saturated rings. The Kier molecular flexibility index (Phi) is 3.44. The summed E-state index contributed by atoms with van der Waals surface area (Å²) < 4.78 is 4.22. The van der Waals surface area contributed by atoms with Gasteiger partial charge in [-0.25, -0.2) is 0 Å². The molecule has 0 amide bonds. The number of aromatic amines is 1. The fourth-order valence-electron chi connectivity index (χ4n) is 1.17. The van der Waals surface area contributed by atoms with E-state index in [1.165, 1.54) is 18.0 Å². The van der Waals surface area contributed by atoms with E-state index in [1.807, 2.05) is 36.4 Å². The maximum atomic E-state index is 4.22. The zero-order chi connectivity index (χ0) is 11.1. The monoisotopic (exact) mass is 214 g/mol. The third kappa shape index (κ3) is 2.78. The Bertz CT molecular complexity index is 459. The quantitative estimate of drug-likeness (QED) is 0.673. The average molecular weight is 214 g/mol. The number of aromatic nitrogens is 4. The highest BCUT2D eigenvalue weighted by atomic mass is 16.5. The van der Waals surface area contributed by atoms with Gasteiger partial charge in [0.15, 0.2) is 0 Å². The Morgan fingerprint density at radius 2 is 1.88 bits per heavy atom. The molecule has 5 nitrogen and oxygen atoms in total. The standard InChI is InChI=1S/C9H8N2.C2H2N2O/c1-2-4-8(5-3-1)9-6-7-10-11-9;1-2-5-4-3-1/h1-7H,(H,10,11);1-2H. The molecule has 0 saturated heterocycles. The molecule has 0 bridgehead atoms. The van der Waals surface area contributed by atoms with Crippen molar-refractivity contribution in [1.82, 2.24) is 20.6 Å². The Balaban J connectivity index is 0.000000162. The lowest BCUT2D eigenvalue weighted by molar-refractivity contribution is 0.393. The third-order valence-corrected chi connectivity index (χ3v) is 1.87. The first-order valence-electron chi connectivity index (χ1n) is 4.72. The summed E-state index contributed by atoms with van der Waals surface area (Å²) in [6.07, 6.45) is 4.63. The molecule has 0 aliphatic rings. The summed E-state index contributed by atoms with van der Waals surface area (Å²) in [7, 11) is 0. The van der Waals surface area contributed by atoms with Crippen molar-refractivity contribution in [1.29, 1.82) is 0 Å². The van der Waals surface area contributed by atoms with Crippen LogP contribution in [-0.4, -0.2) is 20.6 Å². The maximum Gasteiger partial charge on any atom is 0.144 e. The molecular weight excluding hydrogens is 204 g/mol. The predicted molar refractivity (Wildman–Crippen MR) is 58.3 cm³/mol. The van der Waals surface area contributed by atoms with Gasteiger partial charge < -0.3 is 4.52 Å². The summed E-state index contributed by atoms with van der Waals surface area (Å²) in [5.74, 6) is 0. The van der Waals surface area contributed by atoms with E-state index >= 15 is 0 Å². The van der Waals surface area contributed by atoms with Gasteiger partial charge in [-0.2, -0.15) is 5.10 Å². The molecule has 0 unspecified atom stereocenters. The first-order valence-corrected chi connectivity index (χ1v) is 4.72. The molecule has 0 aliphatic heterocycles. The highest BCUT2D eigenvalue weighted by molar-refractivity contribution is 5.57. The van der Waals surface area contributed by atoms with E-state index in [2.05, 4.69) is 25.1 Å². The van der Waals surface area contributed by atoms with Crippen LogP contribution in [-0.2, 0) is 0 Å². The molecule has 3 rings (SSSR count). The Labute approximate surface area is 92.1 Å². The van der Waals surface area contributed by atoms with Crippen LogP contribution in [0.1, 0.15) is 0 Å². The van der Waals surface area contributed by atoms with Crippen LogP contribution in [0.2, 0.25) is 0 Å². The molecule has 2 heterocycles. The summed E-state index contributed by atoms with van der Waals surface area (Å²) in [5.41, 5.74) is 2.23. The molecule has 0 radical (unpaired) electrons. The van der Waals surface area contributed by atoms with Crippen molar-refractivity contribution in [3.05, 3.63) is 55.1 Å². The first-order chi connectivity index (χ1) is 7.97. The maximum absolute atomic E-state index is 4.22. The SMILES string of the molecule is c1ccc(-c2ccn[nH]2)cc1.c1conn1. The van der Waals surface area contributed by atoms with Gasteiger partial charge in [-0.15, -0.1) is 5.10 Å². The van der Waals surface area contributed by atoms with Crippen molar-refractivity contribution in [3.63, 3.8) is 0 Å². The smallest absolute Gasteiger partial charge is 0.144 e. The van der Waals surface area contributed by atoms with Gasteiger partial charge in [0.25, 0.3) is 0 Å². The summed E-state index contributed by atoms with van der Waals surface area (Å²) in [6.45, 7) is 0. The summed E-state index contributed by atoms with van der Waals surface area (Å²) in [5, 5.41) is 13.2. The van der Waals surface area contributed by atoms with Crippen LogP contribution in [0.4, 0.5) is 0 Å². The normalized spacial score (nSPS) is 9.25. The molecule has 80 valence electrons. The summed E-state index contributed by atoms with van der Waals surface area (Å²) >= 11 is 0. The molecule has 3 aromatic rings. The van der Waals surface area contributed by atoms with E-state index in [4.69, 9.17) is 0 Å². The molecule has 1 aromatic carbocycles. The van der Waals surface area contributed by atoms with Crippen molar-refractivity contribution in [2.45, 2.75) is 0 Å². The van der Waals surface area contributed by atoms with Gasteiger partial charge in [0, 0.05) is 11.5 Å². The number of hydrogen-bond donors (Lipinski definition) is 1. The topological polar surface area (TPSA) is 67.6 Å². The molecule has 0 spiro atoms. The number of H-pyrrole nitrogens is 1. The first kappa shape index (κ1) is 10.1. The minimum atomic E-state index is 1.06. The second kappa shape index (κ2) is 5.45. The van der Waals surface area contributed by atoms with E-state index in [0.717, 1.165) is 5.69 Å². The van der Waals surface area contributed by atoms with E-state index in [9.17, 15) is 0 Å². The van der Waals surface area contributed by atoms with Gasteiger partial charge in [0.1, 0.15) is 6.26 Å². The molecular formula is C11H10N4O. The minimum absolute atomic E-state index is 1.06. The van der Waals surface area contributed by atoms with Crippen molar-refractivity contribution >= 4 is 0 Å². The number of nitrogens with zero attached hydrogens (tertiary/aromatic N) is 3. The van der Waals surface area contributed by atoms with Crippen LogP contribution in [0.3, 0.4) is 0 Å². The van der Waals surface area contributed by atoms with E-state index in [0.29, 0.717) is 0 Å². The van der Waals surface area contributed by atoms with Gasteiger partial charge >= 0.3 is 0 Å². The molecule has 5 heteroatoms. The molecule has 0 aliphatic carbocycles. The number of benzene rings is 1. The Hall–Kier alpha value is -2.43. The fraction of sp³-hybridized carbons (Fsp3) is 0. The molecule has 1 N–H and O–H groups in total. The third-order valence-electron chi connectivity index (χ3n) is 1.87. The fourth-order valence-corrected chi connectivity index (χ4v) is 1.17. The van der Waals surface area contributed by atoms with Crippen LogP contribution < -0.4 is 0 Å². The van der Waals surface area contributed by atoms with Gasteiger partial charge in [0.05, 0.1) is 11.9 Å². The number of nitrogens with one attached hydrogen (secondary N) is 1. The van der Waals surface area contributed by atoms with Crippen molar-refractivity contribution in [2.24, 2.45) is 0 Å².